The summed E-state index contributed by atoms with van der Waals surface area (Å²) in [5.41, 5.74) is 0. The predicted molar refractivity (Wildman–Crippen MR) is 53.9 cm³/mol. The molecule has 1 saturated heterocycles. The van der Waals surface area contributed by atoms with E-state index in [4.69, 9.17) is 0 Å². The highest BCUT2D eigenvalue weighted by Crippen LogP contribution is 2.31. The van der Waals surface area contributed by atoms with E-state index in [1.54, 1.807) is 0 Å². The van der Waals surface area contributed by atoms with E-state index in [9.17, 15) is 22.8 Å². The molecule has 0 aromatic heterocycles. The molecule has 0 aromatic carbocycles. The average Bonchev–Trinajstić information content (AvgIpc) is 2.42. The number of hydrogen-bond acceptors (Lipinski definition) is 3. The predicted octanol–water partition coefficient (Wildman–Crippen LogP) is 1.82. The van der Waals surface area contributed by atoms with Crippen LogP contribution in [0.2, 0.25) is 0 Å². The van der Waals surface area contributed by atoms with Crippen LogP contribution in [0.25, 0.3) is 0 Å². The smallest absolute Gasteiger partial charge is 0.330 e. The lowest BCUT2D eigenvalue weighted by atomic mass is 10.3. The monoisotopic (exact) mass is 255 g/mol. The second kappa shape index (κ2) is 4.65. The molecular formula is C9H12F3NO2S. The number of likely N-dealkylation sites (tertiary alicyclic amines) is 1. The molecule has 0 saturated carbocycles. The van der Waals surface area contributed by atoms with Gasteiger partial charge in [-0.25, -0.2) is 0 Å². The fraction of sp³-hybridized carbons (Fsp3) is 0.778. The van der Waals surface area contributed by atoms with Crippen LogP contribution in [0.1, 0.15) is 20.3 Å². The average molecular weight is 255 g/mol. The summed E-state index contributed by atoms with van der Waals surface area (Å²) in [5, 5.41) is -0.533. The van der Waals surface area contributed by atoms with Gasteiger partial charge in [-0.15, -0.1) is 0 Å². The lowest BCUT2D eigenvalue weighted by Crippen LogP contribution is -2.44. The third-order valence-corrected chi connectivity index (χ3v) is 3.38. The Morgan fingerprint density at radius 3 is 2.56 bits per heavy atom. The van der Waals surface area contributed by atoms with E-state index in [0.717, 1.165) is 23.6 Å². The molecule has 0 N–H and O–H groups in total. The Morgan fingerprint density at radius 2 is 2.12 bits per heavy atom. The minimum absolute atomic E-state index is 0.00463. The number of thioether (sulfide) groups is 1. The van der Waals surface area contributed by atoms with Crippen molar-refractivity contribution < 1.29 is 22.8 Å². The van der Waals surface area contributed by atoms with E-state index in [-0.39, 0.29) is 23.3 Å². The van der Waals surface area contributed by atoms with Gasteiger partial charge in [0.2, 0.25) is 5.91 Å². The Bertz CT molecular complexity index is 306. The number of halogens is 3. The second-order valence-electron chi connectivity index (χ2n) is 3.70. The summed E-state index contributed by atoms with van der Waals surface area (Å²) >= 11 is 0.929. The molecule has 1 amide bonds. The molecule has 1 aliphatic heterocycles. The Kier molecular flexibility index (Phi) is 3.88. The molecule has 0 aromatic rings. The van der Waals surface area contributed by atoms with Gasteiger partial charge in [-0.3, -0.25) is 9.59 Å². The molecule has 1 aliphatic rings. The van der Waals surface area contributed by atoms with Crippen molar-refractivity contribution in [2.24, 2.45) is 0 Å². The number of alkyl halides is 3. The van der Waals surface area contributed by atoms with E-state index in [1.807, 2.05) is 0 Å². The van der Waals surface area contributed by atoms with E-state index in [2.05, 4.69) is 0 Å². The van der Waals surface area contributed by atoms with Gasteiger partial charge in [0, 0.05) is 25.1 Å². The Hall–Kier alpha value is -0.720. The van der Waals surface area contributed by atoms with E-state index in [0.29, 0.717) is 0 Å². The maximum Gasteiger partial charge on any atom is 0.408 e. The summed E-state index contributed by atoms with van der Waals surface area (Å²) < 4.78 is 37.2. The van der Waals surface area contributed by atoms with Gasteiger partial charge >= 0.3 is 6.18 Å². The van der Waals surface area contributed by atoms with Crippen LogP contribution in [0, 0.1) is 0 Å². The van der Waals surface area contributed by atoms with Crippen LogP contribution in [0.15, 0.2) is 0 Å². The zero-order valence-corrected chi connectivity index (χ0v) is 9.69. The molecule has 16 heavy (non-hydrogen) atoms. The van der Waals surface area contributed by atoms with Crippen molar-refractivity contribution in [1.29, 1.82) is 0 Å². The minimum atomic E-state index is -4.41. The Balaban J connectivity index is 2.64. The SMILES string of the molecule is CC(=O)SC1CC(=O)N(C(C)C(F)(F)F)C1. The van der Waals surface area contributed by atoms with Crippen LogP contribution >= 0.6 is 11.8 Å². The lowest BCUT2D eigenvalue weighted by Gasteiger charge is -2.26. The molecule has 3 nitrogen and oxygen atoms in total. The van der Waals surface area contributed by atoms with Crippen LogP contribution in [0.5, 0.6) is 0 Å². The fourth-order valence-corrected chi connectivity index (χ4v) is 2.49. The van der Waals surface area contributed by atoms with Gasteiger partial charge in [-0.05, 0) is 6.92 Å². The molecule has 0 spiro atoms. The third kappa shape index (κ3) is 3.13. The van der Waals surface area contributed by atoms with Crippen molar-refractivity contribution in [1.82, 2.24) is 4.90 Å². The van der Waals surface area contributed by atoms with E-state index >= 15 is 0 Å². The molecule has 2 atom stereocenters. The zero-order chi connectivity index (χ0) is 12.5. The van der Waals surface area contributed by atoms with Gasteiger partial charge in [0.05, 0.1) is 0 Å². The summed E-state index contributed by atoms with van der Waals surface area (Å²) in [6, 6.07) is -1.78. The molecule has 92 valence electrons. The Labute approximate surface area is 95.4 Å². The van der Waals surface area contributed by atoms with E-state index < -0.39 is 18.1 Å². The summed E-state index contributed by atoms with van der Waals surface area (Å²) in [5.74, 6) is -0.538. The van der Waals surface area contributed by atoms with Crippen molar-refractivity contribution in [2.45, 2.75) is 37.7 Å². The Morgan fingerprint density at radius 1 is 1.56 bits per heavy atom. The number of hydrogen-bond donors (Lipinski definition) is 0. The van der Waals surface area contributed by atoms with Crippen molar-refractivity contribution in [3.05, 3.63) is 0 Å². The molecule has 7 heteroatoms. The number of rotatable bonds is 2. The number of nitrogens with zero attached hydrogens (tertiary/aromatic N) is 1. The molecule has 1 rings (SSSR count). The first kappa shape index (κ1) is 13.3. The molecule has 0 aliphatic carbocycles. The highest BCUT2D eigenvalue weighted by molar-refractivity contribution is 8.14. The van der Waals surface area contributed by atoms with Crippen molar-refractivity contribution in [3.63, 3.8) is 0 Å². The van der Waals surface area contributed by atoms with Gasteiger partial charge in [0.1, 0.15) is 6.04 Å². The summed E-state index contributed by atoms with van der Waals surface area (Å²) in [7, 11) is 0. The third-order valence-electron chi connectivity index (χ3n) is 2.40. The lowest BCUT2D eigenvalue weighted by molar-refractivity contribution is -0.182. The standard InChI is InChI=1S/C9H12F3NO2S/c1-5(9(10,11)12)13-4-7(3-8(13)15)16-6(2)14/h5,7H,3-4H2,1-2H3. The molecule has 0 bridgehead atoms. The topological polar surface area (TPSA) is 37.4 Å². The summed E-state index contributed by atoms with van der Waals surface area (Å²) in [6.45, 7) is 2.29. The maximum atomic E-state index is 12.4. The molecule has 0 radical (unpaired) electrons. The van der Waals surface area contributed by atoms with Crippen LogP contribution < -0.4 is 0 Å². The molecule has 1 heterocycles. The van der Waals surface area contributed by atoms with Gasteiger partial charge in [0.25, 0.3) is 0 Å². The van der Waals surface area contributed by atoms with Crippen LogP contribution in [-0.2, 0) is 9.59 Å². The van der Waals surface area contributed by atoms with Gasteiger partial charge in [0.15, 0.2) is 5.12 Å². The first-order valence-corrected chi connectivity index (χ1v) is 5.63. The van der Waals surface area contributed by atoms with Crippen LogP contribution in [0.3, 0.4) is 0 Å². The minimum Gasteiger partial charge on any atom is -0.330 e. The fourth-order valence-electron chi connectivity index (χ4n) is 1.56. The molecule has 2 unspecified atom stereocenters. The first-order valence-electron chi connectivity index (χ1n) is 4.75. The highest BCUT2D eigenvalue weighted by Gasteiger charge is 2.45. The normalized spacial score (nSPS) is 23.7. The highest BCUT2D eigenvalue weighted by atomic mass is 32.2. The first-order chi connectivity index (χ1) is 7.21. The van der Waals surface area contributed by atoms with E-state index in [1.165, 1.54) is 6.92 Å². The number of amides is 1. The van der Waals surface area contributed by atoms with Crippen molar-refractivity contribution in [3.8, 4) is 0 Å². The van der Waals surface area contributed by atoms with Gasteiger partial charge in [-0.2, -0.15) is 13.2 Å². The largest absolute Gasteiger partial charge is 0.408 e. The molecule has 1 fully saturated rings. The quantitative estimate of drug-likeness (QED) is 0.755. The number of carbonyl (C=O) groups is 2. The van der Waals surface area contributed by atoms with Crippen LogP contribution in [0.4, 0.5) is 13.2 Å². The van der Waals surface area contributed by atoms with Gasteiger partial charge in [-0.1, -0.05) is 11.8 Å². The van der Waals surface area contributed by atoms with Gasteiger partial charge < -0.3 is 4.90 Å². The maximum absolute atomic E-state index is 12.4. The second-order valence-corrected chi connectivity index (χ2v) is 5.18. The summed E-state index contributed by atoms with van der Waals surface area (Å²) in [6.07, 6.45) is -4.41. The van der Waals surface area contributed by atoms with Crippen LogP contribution in [-0.4, -0.2) is 39.9 Å². The number of carbonyl (C=O) groups excluding carboxylic acids is 2. The van der Waals surface area contributed by atoms with Crippen molar-refractivity contribution >= 4 is 22.8 Å². The zero-order valence-electron chi connectivity index (χ0n) is 8.87. The van der Waals surface area contributed by atoms with Crippen molar-refractivity contribution in [2.75, 3.05) is 6.54 Å². The molecular weight excluding hydrogens is 243 g/mol. The summed E-state index contributed by atoms with van der Waals surface area (Å²) in [4.78, 5) is 22.9.